The molecule has 0 saturated carbocycles. The Balaban J connectivity index is 0.00000208. The lowest BCUT2D eigenvalue weighted by molar-refractivity contribution is -0.131. The molecule has 24 heavy (non-hydrogen) atoms. The first-order chi connectivity index (χ1) is 11.1. The topological polar surface area (TPSA) is 50.4 Å². The average molecular weight is 373 g/mol. The minimum absolute atomic E-state index is 0. The second-order valence-corrected chi connectivity index (χ2v) is 7.19. The first kappa shape index (κ1) is 19.5. The Morgan fingerprint density at radius 2 is 2.12 bits per heavy atom. The molecule has 0 spiro atoms. The quantitative estimate of drug-likeness (QED) is 0.856. The third kappa shape index (κ3) is 4.23. The summed E-state index contributed by atoms with van der Waals surface area (Å²) in [4.78, 5) is 13.2. The van der Waals surface area contributed by atoms with Gasteiger partial charge >= 0.3 is 0 Å². The molecule has 2 N–H and O–H groups in total. The summed E-state index contributed by atoms with van der Waals surface area (Å²) in [5.41, 5.74) is 0.491. The van der Waals surface area contributed by atoms with Gasteiger partial charge in [0, 0.05) is 30.3 Å². The Hall–Kier alpha value is -0.810. The summed E-state index contributed by atoms with van der Waals surface area (Å²) in [6.07, 6.45) is 3.38. The summed E-state index contributed by atoms with van der Waals surface area (Å²) in [5, 5.41) is 7.40. The van der Waals surface area contributed by atoms with Crippen molar-refractivity contribution in [2.45, 2.75) is 50.1 Å². The van der Waals surface area contributed by atoms with Crippen molar-refractivity contribution >= 4 is 29.9 Å². The van der Waals surface area contributed by atoms with Gasteiger partial charge in [-0.2, -0.15) is 0 Å². The molecule has 6 heteroatoms. The Morgan fingerprint density at radius 1 is 1.38 bits per heavy atom. The monoisotopic (exact) mass is 372 g/mol. The van der Waals surface area contributed by atoms with Gasteiger partial charge in [-0.05, 0) is 56.8 Å². The molecule has 1 aromatic carbocycles. The van der Waals surface area contributed by atoms with Crippen molar-refractivity contribution < 1.29 is 9.53 Å². The average Bonchev–Trinajstić information content (AvgIpc) is 2.55. The molecule has 2 aliphatic rings. The predicted molar refractivity (Wildman–Crippen MR) is 99.1 cm³/mol. The van der Waals surface area contributed by atoms with Crippen molar-refractivity contribution in [3.63, 3.8) is 0 Å². The molecule has 2 fully saturated rings. The van der Waals surface area contributed by atoms with Gasteiger partial charge in [-0.3, -0.25) is 4.79 Å². The number of piperidine rings is 1. The van der Waals surface area contributed by atoms with Crippen molar-refractivity contribution in [1.29, 1.82) is 0 Å². The van der Waals surface area contributed by atoms with E-state index in [1.807, 2.05) is 24.3 Å². The normalized spacial score (nSPS) is 26.2. The van der Waals surface area contributed by atoms with Crippen molar-refractivity contribution in [2.75, 3.05) is 19.8 Å². The Bertz CT molecular complexity index is 562. The molecule has 3 rings (SSSR count). The smallest absolute Gasteiger partial charge is 0.231 e. The van der Waals surface area contributed by atoms with Crippen LogP contribution in [0, 0.1) is 0 Å². The maximum absolute atomic E-state index is 13.2. The van der Waals surface area contributed by atoms with Crippen molar-refractivity contribution in [2.24, 2.45) is 0 Å². The van der Waals surface area contributed by atoms with Gasteiger partial charge in [0.05, 0.1) is 5.41 Å². The first-order valence-corrected chi connectivity index (χ1v) is 8.86. The highest BCUT2D eigenvalue weighted by molar-refractivity contribution is 6.30. The van der Waals surface area contributed by atoms with Gasteiger partial charge in [0.25, 0.3) is 0 Å². The van der Waals surface area contributed by atoms with Gasteiger partial charge in [0.15, 0.2) is 0 Å². The van der Waals surface area contributed by atoms with Gasteiger partial charge in [-0.25, -0.2) is 0 Å². The molecule has 2 heterocycles. The van der Waals surface area contributed by atoms with E-state index in [1.165, 1.54) is 0 Å². The molecule has 2 aliphatic heterocycles. The van der Waals surface area contributed by atoms with Crippen LogP contribution in [0.3, 0.4) is 0 Å². The zero-order chi connectivity index (χ0) is 16.3. The molecule has 2 unspecified atom stereocenters. The number of amides is 1. The number of carbonyl (C=O) groups excluding carboxylic acids is 1. The highest BCUT2D eigenvalue weighted by atomic mass is 35.5. The zero-order valence-corrected chi connectivity index (χ0v) is 15.6. The van der Waals surface area contributed by atoms with E-state index in [9.17, 15) is 4.79 Å². The molecule has 1 amide bonds. The number of rotatable bonds is 3. The summed E-state index contributed by atoms with van der Waals surface area (Å²) in [6, 6.07) is 8.42. The zero-order valence-electron chi connectivity index (χ0n) is 14.0. The van der Waals surface area contributed by atoms with Gasteiger partial charge in [-0.15, -0.1) is 12.4 Å². The van der Waals surface area contributed by atoms with Crippen LogP contribution in [0.5, 0.6) is 0 Å². The highest BCUT2D eigenvalue weighted by Gasteiger charge is 2.42. The number of ether oxygens (including phenoxy) is 1. The van der Waals surface area contributed by atoms with Gasteiger partial charge in [-0.1, -0.05) is 23.7 Å². The maximum Gasteiger partial charge on any atom is 0.231 e. The summed E-state index contributed by atoms with van der Waals surface area (Å²) in [6.45, 7) is 4.35. The second kappa shape index (κ2) is 8.52. The molecule has 0 bridgehead atoms. The van der Waals surface area contributed by atoms with Crippen LogP contribution in [0.4, 0.5) is 0 Å². The second-order valence-electron chi connectivity index (χ2n) is 6.75. The molecule has 2 atom stereocenters. The fourth-order valence-electron chi connectivity index (χ4n) is 3.74. The van der Waals surface area contributed by atoms with Crippen molar-refractivity contribution in [1.82, 2.24) is 10.6 Å². The number of carbonyl (C=O) groups is 1. The minimum atomic E-state index is -0.517. The van der Waals surface area contributed by atoms with Gasteiger partial charge < -0.3 is 15.4 Å². The number of hydrogen-bond acceptors (Lipinski definition) is 3. The van der Waals surface area contributed by atoms with E-state index in [4.69, 9.17) is 16.3 Å². The number of benzene rings is 1. The third-order valence-corrected chi connectivity index (χ3v) is 5.35. The van der Waals surface area contributed by atoms with Crippen LogP contribution in [-0.2, 0) is 14.9 Å². The van der Waals surface area contributed by atoms with E-state index in [1.54, 1.807) is 0 Å². The van der Waals surface area contributed by atoms with Crippen LogP contribution >= 0.6 is 24.0 Å². The van der Waals surface area contributed by atoms with Crippen LogP contribution < -0.4 is 10.6 Å². The van der Waals surface area contributed by atoms with E-state index >= 15 is 0 Å². The van der Waals surface area contributed by atoms with Crippen LogP contribution in [0.2, 0.25) is 5.02 Å². The molecule has 4 nitrogen and oxygen atoms in total. The minimum Gasteiger partial charge on any atom is -0.381 e. The standard InChI is InChI=1S/C18H25ClN2O2.ClH/c1-13-11-16(5-8-20-13)21-17(22)18(6-9-23-10-7-18)14-3-2-4-15(19)12-14;/h2-4,12-13,16,20H,5-11H2,1H3,(H,21,22);1H. The summed E-state index contributed by atoms with van der Waals surface area (Å²) >= 11 is 6.17. The van der Waals surface area contributed by atoms with Crippen molar-refractivity contribution in [3.05, 3.63) is 34.9 Å². The summed E-state index contributed by atoms with van der Waals surface area (Å²) in [7, 11) is 0. The van der Waals surface area contributed by atoms with Crippen LogP contribution in [0.15, 0.2) is 24.3 Å². The molecule has 0 aromatic heterocycles. The van der Waals surface area contributed by atoms with E-state index in [2.05, 4.69) is 17.6 Å². The Morgan fingerprint density at radius 3 is 2.79 bits per heavy atom. The first-order valence-electron chi connectivity index (χ1n) is 8.48. The van der Waals surface area contributed by atoms with Crippen LogP contribution in [-0.4, -0.2) is 37.7 Å². The van der Waals surface area contributed by atoms with E-state index < -0.39 is 5.41 Å². The van der Waals surface area contributed by atoms with Gasteiger partial charge in [0.1, 0.15) is 0 Å². The third-order valence-electron chi connectivity index (χ3n) is 5.12. The largest absolute Gasteiger partial charge is 0.381 e. The van der Waals surface area contributed by atoms with E-state index in [-0.39, 0.29) is 24.4 Å². The fraction of sp³-hybridized carbons (Fsp3) is 0.611. The highest BCUT2D eigenvalue weighted by Crippen LogP contribution is 2.36. The number of halogens is 2. The summed E-state index contributed by atoms with van der Waals surface area (Å²) in [5.74, 6) is 0.127. The maximum atomic E-state index is 13.2. The molecular formula is C18H26Cl2N2O2. The fourth-order valence-corrected chi connectivity index (χ4v) is 3.93. The van der Waals surface area contributed by atoms with Crippen molar-refractivity contribution in [3.8, 4) is 0 Å². The Labute approximate surface area is 155 Å². The van der Waals surface area contributed by atoms with Crippen LogP contribution in [0.1, 0.15) is 38.2 Å². The molecule has 0 aliphatic carbocycles. The lowest BCUT2D eigenvalue weighted by Crippen LogP contribution is -2.54. The SMILES string of the molecule is CC1CC(NC(=O)C2(c3cccc(Cl)c3)CCOCC2)CCN1.Cl. The number of hydrogen-bond donors (Lipinski definition) is 2. The molecule has 2 saturated heterocycles. The number of nitrogens with one attached hydrogen (secondary N) is 2. The van der Waals surface area contributed by atoms with Gasteiger partial charge in [0.2, 0.25) is 5.91 Å². The molecular weight excluding hydrogens is 347 g/mol. The van der Waals surface area contributed by atoms with E-state index in [0.717, 1.165) is 24.9 Å². The summed E-state index contributed by atoms with van der Waals surface area (Å²) < 4.78 is 5.51. The molecule has 0 radical (unpaired) electrons. The van der Waals surface area contributed by atoms with Crippen LogP contribution in [0.25, 0.3) is 0 Å². The Kier molecular flexibility index (Phi) is 6.93. The molecule has 1 aromatic rings. The van der Waals surface area contributed by atoms with E-state index in [0.29, 0.717) is 37.1 Å². The predicted octanol–water partition coefficient (Wildman–Crippen LogP) is 3.07. The lowest BCUT2D eigenvalue weighted by Gasteiger charge is -2.38. The molecule has 134 valence electrons. The lowest BCUT2D eigenvalue weighted by atomic mass is 9.73.